The lowest BCUT2D eigenvalue weighted by molar-refractivity contribution is 0.569. The summed E-state index contributed by atoms with van der Waals surface area (Å²) < 4.78 is 14.1. The Morgan fingerprint density at radius 2 is 2.11 bits per heavy atom. The summed E-state index contributed by atoms with van der Waals surface area (Å²) in [5.74, 6) is -0.226. The van der Waals surface area contributed by atoms with Crippen LogP contribution in [0.3, 0.4) is 0 Å². The van der Waals surface area contributed by atoms with E-state index in [1.54, 1.807) is 12.3 Å². The number of halogens is 2. The predicted octanol–water partition coefficient (Wildman–Crippen LogP) is 3.79. The van der Waals surface area contributed by atoms with Crippen molar-refractivity contribution in [1.29, 1.82) is 0 Å². The Morgan fingerprint density at radius 3 is 2.74 bits per heavy atom. The second-order valence-corrected chi connectivity index (χ2v) is 5.50. The molecular weight excluding hydrogens is 307 g/mol. The molecule has 1 heterocycles. The summed E-state index contributed by atoms with van der Waals surface area (Å²) in [6, 6.07) is 9.05. The van der Waals surface area contributed by atoms with Gasteiger partial charge in [0, 0.05) is 10.7 Å². The van der Waals surface area contributed by atoms with Gasteiger partial charge in [0.25, 0.3) is 0 Å². The molecule has 1 atom stereocenters. The molecule has 2 aromatic rings. The van der Waals surface area contributed by atoms with Crippen LogP contribution in [0.5, 0.6) is 0 Å². The van der Waals surface area contributed by atoms with E-state index in [2.05, 4.69) is 32.3 Å². The first-order valence-electron chi connectivity index (χ1n) is 6.13. The van der Waals surface area contributed by atoms with Crippen molar-refractivity contribution in [1.82, 2.24) is 10.3 Å². The fourth-order valence-electron chi connectivity index (χ4n) is 2.07. The number of likely N-dealkylation sites (N-methyl/N-ethyl adjacent to an activating group) is 1. The SMILES string of the molecule is CNC(Cc1cc(F)cc(Br)c1)c1cc(C)ccn1. The molecule has 4 heteroatoms. The van der Waals surface area contributed by atoms with Gasteiger partial charge in [-0.2, -0.15) is 0 Å². The zero-order chi connectivity index (χ0) is 13.8. The van der Waals surface area contributed by atoms with E-state index in [1.165, 1.54) is 11.6 Å². The summed E-state index contributed by atoms with van der Waals surface area (Å²) in [6.07, 6.45) is 2.50. The van der Waals surface area contributed by atoms with E-state index in [0.717, 1.165) is 15.7 Å². The van der Waals surface area contributed by atoms with Gasteiger partial charge < -0.3 is 5.32 Å². The number of nitrogens with one attached hydrogen (secondary N) is 1. The van der Waals surface area contributed by atoms with Crippen molar-refractivity contribution in [2.24, 2.45) is 0 Å². The van der Waals surface area contributed by atoms with Gasteiger partial charge in [-0.3, -0.25) is 4.98 Å². The number of nitrogens with zero attached hydrogens (tertiary/aromatic N) is 1. The fourth-order valence-corrected chi connectivity index (χ4v) is 2.58. The zero-order valence-electron chi connectivity index (χ0n) is 11.0. The highest BCUT2D eigenvalue weighted by molar-refractivity contribution is 9.10. The summed E-state index contributed by atoms with van der Waals surface area (Å²) in [7, 11) is 1.89. The third-order valence-corrected chi connectivity index (χ3v) is 3.46. The summed E-state index contributed by atoms with van der Waals surface area (Å²) in [6.45, 7) is 2.04. The van der Waals surface area contributed by atoms with Crippen LogP contribution in [-0.2, 0) is 6.42 Å². The van der Waals surface area contributed by atoms with Crippen molar-refractivity contribution < 1.29 is 4.39 Å². The lowest BCUT2D eigenvalue weighted by Crippen LogP contribution is -2.20. The molecule has 0 aliphatic rings. The van der Waals surface area contributed by atoms with Crippen molar-refractivity contribution in [2.75, 3.05) is 7.05 Å². The molecule has 0 radical (unpaired) electrons. The summed E-state index contributed by atoms with van der Waals surface area (Å²) >= 11 is 3.32. The Morgan fingerprint density at radius 1 is 1.32 bits per heavy atom. The minimum atomic E-state index is -0.226. The Kier molecular flexibility index (Phi) is 4.66. The molecule has 19 heavy (non-hydrogen) atoms. The largest absolute Gasteiger partial charge is 0.311 e. The average molecular weight is 323 g/mol. The number of benzene rings is 1. The maximum absolute atomic E-state index is 13.4. The van der Waals surface area contributed by atoms with Crippen LogP contribution in [0.15, 0.2) is 41.0 Å². The van der Waals surface area contributed by atoms with Gasteiger partial charge in [0.15, 0.2) is 0 Å². The van der Waals surface area contributed by atoms with Crippen LogP contribution < -0.4 is 5.32 Å². The van der Waals surface area contributed by atoms with Gasteiger partial charge in [-0.1, -0.05) is 15.9 Å². The van der Waals surface area contributed by atoms with Gasteiger partial charge in [-0.25, -0.2) is 4.39 Å². The molecule has 2 rings (SSSR count). The van der Waals surface area contributed by atoms with Gasteiger partial charge in [0.1, 0.15) is 5.82 Å². The van der Waals surface area contributed by atoms with E-state index in [1.807, 2.05) is 26.1 Å². The molecule has 0 saturated carbocycles. The standard InChI is InChI=1S/C15H16BrFN2/c1-10-3-4-19-15(5-10)14(18-2)8-11-6-12(16)9-13(17)7-11/h3-7,9,14,18H,8H2,1-2H3. The first-order valence-corrected chi connectivity index (χ1v) is 6.92. The average Bonchev–Trinajstić information content (AvgIpc) is 2.34. The summed E-state index contributed by atoms with van der Waals surface area (Å²) in [4.78, 5) is 4.38. The normalized spacial score (nSPS) is 12.4. The van der Waals surface area contributed by atoms with E-state index < -0.39 is 0 Å². The topological polar surface area (TPSA) is 24.9 Å². The Bertz CT molecular complexity index is 552. The quantitative estimate of drug-likeness (QED) is 0.926. The number of aryl methyl sites for hydroxylation is 1. The molecule has 2 nitrogen and oxygen atoms in total. The maximum Gasteiger partial charge on any atom is 0.124 e. The molecule has 0 spiro atoms. The van der Waals surface area contributed by atoms with Gasteiger partial charge in [0.05, 0.1) is 11.7 Å². The van der Waals surface area contributed by atoms with E-state index in [4.69, 9.17) is 0 Å². The van der Waals surface area contributed by atoms with Crippen LogP contribution in [0.2, 0.25) is 0 Å². The van der Waals surface area contributed by atoms with Crippen LogP contribution in [-0.4, -0.2) is 12.0 Å². The molecule has 0 aliphatic carbocycles. The van der Waals surface area contributed by atoms with Crippen LogP contribution in [0.25, 0.3) is 0 Å². The number of hydrogen-bond acceptors (Lipinski definition) is 2. The number of aromatic nitrogens is 1. The minimum absolute atomic E-state index is 0.0774. The van der Waals surface area contributed by atoms with Gasteiger partial charge in [-0.15, -0.1) is 0 Å². The van der Waals surface area contributed by atoms with E-state index in [9.17, 15) is 4.39 Å². The molecule has 0 amide bonds. The Hall–Kier alpha value is -1.26. The fraction of sp³-hybridized carbons (Fsp3) is 0.267. The smallest absolute Gasteiger partial charge is 0.124 e. The van der Waals surface area contributed by atoms with Gasteiger partial charge in [-0.05, 0) is 61.9 Å². The second kappa shape index (κ2) is 6.26. The van der Waals surface area contributed by atoms with Crippen molar-refractivity contribution in [3.05, 3.63) is 63.6 Å². The Balaban J connectivity index is 2.23. The molecule has 0 bridgehead atoms. The Labute approximate surface area is 121 Å². The summed E-state index contributed by atoms with van der Waals surface area (Å²) in [5.41, 5.74) is 3.09. The molecule has 1 N–H and O–H groups in total. The van der Waals surface area contributed by atoms with Crippen LogP contribution in [0.4, 0.5) is 4.39 Å². The second-order valence-electron chi connectivity index (χ2n) is 4.58. The monoisotopic (exact) mass is 322 g/mol. The number of rotatable bonds is 4. The molecule has 1 unspecified atom stereocenters. The number of hydrogen-bond donors (Lipinski definition) is 1. The van der Waals surface area contributed by atoms with Gasteiger partial charge >= 0.3 is 0 Å². The van der Waals surface area contributed by atoms with Gasteiger partial charge in [0.2, 0.25) is 0 Å². The maximum atomic E-state index is 13.4. The van der Waals surface area contributed by atoms with Crippen molar-refractivity contribution in [2.45, 2.75) is 19.4 Å². The third-order valence-electron chi connectivity index (χ3n) is 3.00. The number of pyridine rings is 1. The third kappa shape index (κ3) is 3.85. The predicted molar refractivity (Wildman–Crippen MR) is 78.6 cm³/mol. The highest BCUT2D eigenvalue weighted by Crippen LogP contribution is 2.21. The minimum Gasteiger partial charge on any atom is -0.311 e. The highest BCUT2D eigenvalue weighted by atomic mass is 79.9. The molecule has 0 fully saturated rings. The first kappa shape index (κ1) is 14.2. The molecule has 1 aromatic carbocycles. The first-order chi connectivity index (χ1) is 9.08. The van der Waals surface area contributed by atoms with Crippen molar-refractivity contribution >= 4 is 15.9 Å². The lowest BCUT2D eigenvalue weighted by atomic mass is 10.0. The van der Waals surface area contributed by atoms with Crippen LogP contribution in [0.1, 0.15) is 22.9 Å². The van der Waals surface area contributed by atoms with E-state index in [-0.39, 0.29) is 11.9 Å². The highest BCUT2D eigenvalue weighted by Gasteiger charge is 2.12. The van der Waals surface area contributed by atoms with Crippen LogP contribution >= 0.6 is 15.9 Å². The van der Waals surface area contributed by atoms with Crippen LogP contribution in [0, 0.1) is 12.7 Å². The molecule has 1 aromatic heterocycles. The molecule has 100 valence electrons. The zero-order valence-corrected chi connectivity index (χ0v) is 12.5. The molecule has 0 aliphatic heterocycles. The molecule has 0 saturated heterocycles. The van der Waals surface area contributed by atoms with Crippen molar-refractivity contribution in [3.63, 3.8) is 0 Å². The van der Waals surface area contributed by atoms with Crippen molar-refractivity contribution in [3.8, 4) is 0 Å². The lowest BCUT2D eigenvalue weighted by Gasteiger charge is -2.16. The van der Waals surface area contributed by atoms with E-state index in [0.29, 0.717) is 6.42 Å². The summed E-state index contributed by atoms with van der Waals surface area (Å²) in [5, 5.41) is 3.23. The molecular formula is C15H16BrFN2. The van der Waals surface area contributed by atoms with E-state index >= 15 is 0 Å².